The van der Waals surface area contributed by atoms with Gasteiger partial charge in [-0.1, -0.05) is 27.7 Å². The summed E-state index contributed by atoms with van der Waals surface area (Å²) in [5, 5.41) is 0. The molecule has 1 aromatic rings. The van der Waals surface area contributed by atoms with Crippen molar-refractivity contribution in [2.75, 3.05) is 0 Å². The van der Waals surface area contributed by atoms with E-state index in [1.807, 2.05) is 18.3 Å². The van der Waals surface area contributed by atoms with E-state index in [4.69, 9.17) is 5.84 Å². The maximum atomic E-state index is 5.68. The van der Waals surface area contributed by atoms with Gasteiger partial charge in [-0.05, 0) is 52.2 Å². The van der Waals surface area contributed by atoms with Crippen molar-refractivity contribution in [1.29, 1.82) is 0 Å². The van der Waals surface area contributed by atoms with Crippen molar-refractivity contribution in [3.05, 3.63) is 28.5 Å². The van der Waals surface area contributed by atoms with Crippen LogP contribution in [-0.2, 0) is 6.42 Å². The lowest BCUT2D eigenvalue weighted by Crippen LogP contribution is -2.38. The van der Waals surface area contributed by atoms with Gasteiger partial charge in [0.05, 0.1) is 0 Å². The molecule has 0 amide bonds. The Labute approximate surface area is 125 Å². The molecule has 0 saturated carbocycles. The van der Waals surface area contributed by atoms with Crippen molar-refractivity contribution < 1.29 is 0 Å². The quantitative estimate of drug-likeness (QED) is 0.619. The fourth-order valence-electron chi connectivity index (χ4n) is 2.60. The van der Waals surface area contributed by atoms with Gasteiger partial charge in [-0.2, -0.15) is 0 Å². The molecule has 2 unspecified atom stereocenters. The Morgan fingerprint density at radius 1 is 1.37 bits per heavy atom. The SMILES string of the molecule is CC(CC(Cc1ccc(Br)cn1)NN)CC(C)(C)C. The van der Waals surface area contributed by atoms with Crippen LogP contribution in [0.2, 0.25) is 0 Å². The van der Waals surface area contributed by atoms with Gasteiger partial charge >= 0.3 is 0 Å². The standard InChI is InChI=1S/C15H26BrN3/c1-11(9-15(2,3)4)7-14(19-17)8-13-6-5-12(16)10-18-13/h5-6,10-11,14,19H,7-9,17H2,1-4H3. The fraction of sp³-hybridized carbons (Fsp3) is 0.667. The third-order valence-electron chi connectivity index (χ3n) is 3.13. The van der Waals surface area contributed by atoms with Crippen molar-refractivity contribution in [2.45, 2.75) is 53.0 Å². The normalized spacial score (nSPS) is 15.3. The molecule has 0 aliphatic heterocycles. The van der Waals surface area contributed by atoms with E-state index in [1.165, 1.54) is 6.42 Å². The second-order valence-corrected chi connectivity index (χ2v) is 7.56. The zero-order valence-electron chi connectivity index (χ0n) is 12.4. The molecule has 0 saturated heterocycles. The molecule has 1 aromatic heterocycles. The first-order valence-electron chi connectivity index (χ1n) is 6.86. The first-order chi connectivity index (χ1) is 8.80. The van der Waals surface area contributed by atoms with E-state index in [0.29, 0.717) is 11.3 Å². The number of nitrogens with two attached hydrogens (primary N) is 1. The van der Waals surface area contributed by atoms with Gasteiger partial charge in [0.2, 0.25) is 0 Å². The van der Waals surface area contributed by atoms with Crippen LogP contribution in [0.25, 0.3) is 0 Å². The summed E-state index contributed by atoms with van der Waals surface area (Å²) in [4.78, 5) is 4.41. The van der Waals surface area contributed by atoms with E-state index in [-0.39, 0.29) is 6.04 Å². The van der Waals surface area contributed by atoms with Gasteiger partial charge in [0.1, 0.15) is 0 Å². The summed E-state index contributed by atoms with van der Waals surface area (Å²) >= 11 is 3.40. The summed E-state index contributed by atoms with van der Waals surface area (Å²) < 4.78 is 1.01. The molecule has 0 fully saturated rings. The molecule has 108 valence electrons. The fourth-order valence-corrected chi connectivity index (χ4v) is 2.84. The summed E-state index contributed by atoms with van der Waals surface area (Å²) in [5.74, 6) is 6.33. The number of nitrogens with one attached hydrogen (secondary N) is 1. The minimum Gasteiger partial charge on any atom is -0.271 e. The monoisotopic (exact) mass is 327 g/mol. The molecular formula is C15H26BrN3. The third kappa shape index (κ3) is 7.04. The second-order valence-electron chi connectivity index (χ2n) is 6.64. The Morgan fingerprint density at radius 2 is 2.05 bits per heavy atom. The predicted molar refractivity (Wildman–Crippen MR) is 84.6 cm³/mol. The van der Waals surface area contributed by atoms with Crippen LogP contribution in [0.1, 0.15) is 46.2 Å². The van der Waals surface area contributed by atoms with Gasteiger partial charge in [0.15, 0.2) is 0 Å². The molecule has 3 N–H and O–H groups in total. The highest BCUT2D eigenvalue weighted by atomic mass is 79.9. The van der Waals surface area contributed by atoms with Crippen LogP contribution >= 0.6 is 15.9 Å². The Bertz CT molecular complexity index is 370. The first kappa shape index (κ1) is 16.6. The maximum absolute atomic E-state index is 5.68. The maximum Gasteiger partial charge on any atom is 0.0420 e. The van der Waals surface area contributed by atoms with E-state index >= 15 is 0 Å². The number of pyridine rings is 1. The van der Waals surface area contributed by atoms with Gasteiger partial charge in [-0.3, -0.25) is 16.3 Å². The van der Waals surface area contributed by atoms with Gasteiger partial charge in [0, 0.05) is 28.8 Å². The summed E-state index contributed by atoms with van der Waals surface area (Å²) in [6.07, 6.45) is 4.99. The van der Waals surface area contributed by atoms with Crippen LogP contribution in [0.3, 0.4) is 0 Å². The van der Waals surface area contributed by atoms with Crippen LogP contribution in [0, 0.1) is 11.3 Å². The molecule has 4 heteroatoms. The Morgan fingerprint density at radius 3 is 2.53 bits per heavy atom. The number of hydrogen-bond acceptors (Lipinski definition) is 3. The molecule has 0 aliphatic carbocycles. The van der Waals surface area contributed by atoms with Gasteiger partial charge in [-0.15, -0.1) is 0 Å². The number of rotatable bonds is 6. The van der Waals surface area contributed by atoms with Crippen molar-refractivity contribution >= 4 is 15.9 Å². The summed E-state index contributed by atoms with van der Waals surface area (Å²) in [6.45, 7) is 9.14. The van der Waals surface area contributed by atoms with Crippen molar-refractivity contribution in [2.24, 2.45) is 17.2 Å². The third-order valence-corrected chi connectivity index (χ3v) is 3.60. The minimum atomic E-state index is 0.283. The average molecular weight is 328 g/mol. The molecule has 2 atom stereocenters. The summed E-state index contributed by atoms with van der Waals surface area (Å²) in [6, 6.07) is 4.35. The number of aromatic nitrogens is 1. The lowest BCUT2D eigenvalue weighted by Gasteiger charge is -2.26. The number of hydrazine groups is 1. The Balaban J connectivity index is 2.51. The van der Waals surface area contributed by atoms with Gasteiger partial charge in [0.25, 0.3) is 0 Å². The van der Waals surface area contributed by atoms with E-state index in [9.17, 15) is 0 Å². The molecule has 19 heavy (non-hydrogen) atoms. The highest BCUT2D eigenvalue weighted by Crippen LogP contribution is 2.27. The van der Waals surface area contributed by atoms with Crippen molar-refractivity contribution in [3.63, 3.8) is 0 Å². The molecule has 0 spiro atoms. The summed E-state index contributed by atoms with van der Waals surface area (Å²) in [7, 11) is 0. The Kier molecular flexibility index (Phi) is 6.43. The molecule has 0 bridgehead atoms. The number of halogens is 1. The van der Waals surface area contributed by atoms with E-state index in [2.05, 4.69) is 54.0 Å². The topological polar surface area (TPSA) is 50.9 Å². The molecule has 0 radical (unpaired) electrons. The number of hydrogen-bond donors (Lipinski definition) is 2. The van der Waals surface area contributed by atoms with Crippen LogP contribution < -0.4 is 11.3 Å². The average Bonchev–Trinajstić information content (AvgIpc) is 2.28. The van der Waals surface area contributed by atoms with Crippen molar-refractivity contribution in [3.8, 4) is 0 Å². The highest BCUT2D eigenvalue weighted by molar-refractivity contribution is 9.10. The largest absolute Gasteiger partial charge is 0.271 e. The predicted octanol–water partition coefficient (Wildman–Crippen LogP) is 3.68. The van der Waals surface area contributed by atoms with E-state index in [0.717, 1.165) is 23.0 Å². The lowest BCUT2D eigenvalue weighted by molar-refractivity contribution is 0.274. The molecule has 0 aliphatic rings. The molecule has 0 aromatic carbocycles. The molecule has 1 heterocycles. The van der Waals surface area contributed by atoms with Gasteiger partial charge < -0.3 is 0 Å². The second kappa shape index (κ2) is 7.36. The zero-order chi connectivity index (χ0) is 14.5. The van der Waals surface area contributed by atoms with E-state index < -0.39 is 0 Å². The van der Waals surface area contributed by atoms with Gasteiger partial charge in [-0.25, -0.2) is 0 Å². The number of nitrogens with zero attached hydrogens (tertiary/aromatic N) is 1. The smallest absolute Gasteiger partial charge is 0.0420 e. The molecular weight excluding hydrogens is 302 g/mol. The summed E-state index contributed by atoms with van der Waals surface area (Å²) in [5.41, 5.74) is 4.38. The first-order valence-corrected chi connectivity index (χ1v) is 7.66. The molecule has 3 nitrogen and oxygen atoms in total. The van der Waals surface area contributed by atoms with Crippen LogP contribution in [0.4, 0.5) is 0 Å². The van der Waals surface area contributed by atoms with Crippen molar-refractivity contribution in [1.82, 2.24) is 10.4 Å². The minimum absolute atomic E-state index is 0.283. The zero-order valence-corrected chi connectivity index (χ0v) is 14.0. The van der Waals surface area contributed by atoms with E-state index in [1.54, 1.807) is 0 Å². The van der Waals surface area contributed by atoms with Crippen LogP contribution in [-0.4, -0.2) is 11.0 Å². The molecule has 1 rings (SSSR count). The Hall–Kier alpha value is -0.450. The van der Waals surface area contributed by atoms with Crippen LogP contribution in [0.5, 0.6) is 0 Å². The van der Waals surface area contributed by atoms with Crippen LogP contribution in [0.15, 0.2) is 22.8 Å². The highest BCUT2D eigenvalue weighted by Gasteiger charge is 2.19. The lowest BCUT2D eigenvalue weighted by atomic mass is 9.82.